The summed E-state index contributed by atoms with van der Waals surface area (Å²) in [7, 11) is -3.64. The van der Waals surface area contributed by atoms with E-state index in [-0.39, 0.29) is 26.3 Å². The lowest BCUT2D eigenvalue weighted by Gasteiger charge is -2.26. The van der Waals surface area contributed by atoms with Crippen molar-refractivity contribution in [3.8, 4) is 0 Å². The van der Waals surface area contributed by atoms with Crippen LogP contribution in [0, 0.1) is 0 Å². The van der Waals surface area contributed by atoms with Crippen LogP contribution < -0.4 is 0 Å². The number of rotatable bonds is 4. The first-order valence-corrected chi connectivity index (χ1v) is 9.63. The standard InChI is InChI=1S/C14H17Cl2NO6S/c1-24(20,21)23-8-13-10(7-17(14(18)19)4-5-22-13)9-2-3-11(15)12(16)6-9/h2-3,6,10,13H,4-5,7-8H2,1H3,(H,18,19)/t10-,13-/m0/s1. The summed E-state index contributed by atoms with van der Waals surface area (Å²) < 4.78 is 33.0. The monoisotopic (exact) mass is 397 g/mol. The van der Waals surface area contributed by atoms with Crippen molar-refractivity contribution in [2.24, 2.45) is 0 Å². The maximum absolute atomic E-state index is 11.3. The Kier molecular flexibility index (Phi) is 6.33. The van der Waals surface area contributed by atoms with E-state index in [1.165, 1.54) is 4.90 Å². The summed E-state index contributed by atoms with van der Waals surface area (Å²) >= 11 is 12.0. The molecule has 1 aromatic carbocycles. The highest BCUT2D eigenvalue weighted by molar-refractivity contribution is 7.85. The van der Waals surface area contributed by atoms with E-state index in [9.17, 15) is 18.3 Å². The molecule has 1 amide bonds. The van der Waals surface area contributed by atoms with Crippen molar-refractivity contribution in [2.45, 2.75) is 12.0 Å². The van der Waals surface area contributed by atoms with Gasteiger partial charge in [0.2, 0.25) is 0 Å². The van der Waals surface area contributed by atoms with Crippen molar-refractivity contribution < 1.29 is 27.2 Å². The van der Waals surface area contributed by atoms with Crippen molar-refractivity contribution in [2.75, 3.05) is 32.6 Å². The molecule has 0 unspecified atom stereocenters. The van der Waals surface area contributed by atoms with Crippen LogP contribution in [-0.4, -0.2) is 63.2 Å². The molecule has 1 aliphatic rings. The molecule has 0 spiro atoms. The molecule has 0 radical (unpaired) electrons. The maximum Gasteiger partial charge on any atom is 0.407 e. The minimum Gasteiger partial charge on any atom is -0.465 e. The largest absolute Gasteiger partial charge is 0.465 e. The van der Waals surface area contributed by atoms with E-state index in [2.05, 4.69) is 0 Å². The molecule has 1 saturated heterocycles. The van der Waals surface area contributed by atoms with Crippen LogP contribution in [0.15, 0.2) is 18.2 Å². The third kappa shape index (κ3) is 5.22. The number of nitrogens with zero attached hydrogens (tertiary/aromatic N) is 1. The molecule has 7 nitrogen and oxygen atoms in total. The Morgan fingerprint density at radius 1 is 1.42 bits per heavy atom. The summed E-state index contributed by atoms with van der Waals surface area (Å²) in [5.41, 5.74) is 0.694. The quantitative estimate of drug-likeness (QED) is 0.784. The van der Waals surface area contributed by atoms with Crippen LogP contribution in [0.2, 0.25) is 10.0 Å². The molecule has 10 heteroatoms. The van der Waals surface area contributed by atoms with Crippen molar-refractivity contribution >= 4 is 39.4 Å². The second-order valence-electron chi connectivity index (χ2n) is 5.41. The van der Waals surface area contributed by atoms with Gasteiger partial charge in [-0.1, -0.05) is 29.3 Å². The first-order valence-electron chi connectivity index (χ1n) is 7.06. The van der Waals surface area contributed by atoms with Crippen LogP contribution in [0.25, 0.3) is 0 Å². The molecule has 0 bridgehead atoms. The van der Waals surface area contributed by atoms with Crippen LogP contribution in [-0.2, 0) is 19.0 Å². The zero-order valence-electron chi connectivity index (χ0n) is 12.8. The normalized spacial score (nSPS) is 22.2. The van der Waals surface area contributed by atoms with Crippen LogP contribution >= 0.6 is 23.2 Å². The van der Waals surface area contributed by atoms with Gasteiger partial charge < -0.3 is 14.7 Å². The Bertz CT molecular complexity index is 711. The van der Waals surface area contributed by atoms with Gasteiger partial charge in [-0.15, -0.1) is 0 Å². The predicted octanol–water partition coefficient (Wildman–Crippen LogP) is 2.43. The summed E-state index contributed by atoms with van der Waals surface area (Å²) in [6, 6.07) is 4.93. The van der Waals surface area contributed by atoms with Crippen molar-refractivity contribution in [3.63, 3.8) is 0 Å². The SMILES string of the molecule is CS(=O)(=O)OC[C@@H]1OCCN(C(=O)O)C[C@H]1c1ccc(Cl)c(Cl)c1. The van der Waals surface area contributed by atoms with E-state index in [1.807, 2.05) is 0 Å². The van der Waals surface area contributed by atoms with E-state index in [4.69, 9.17) is 32.1 Å². The third-order valence-corrected chi connectivity index (χ3v) is 4.95. The average Bonchev–Trinajstić information content (AvgIpc) is 2.70. The Hall–Kier alpha value is -1.06. The minimum atomic E-state index is -3.64. The van der Waals surface area contributed by atoms with Gasteiger partial charge in [-0.2, -0.15) is 8.42 Å². The van der Waals surface area contributed by atoms with Gasteiger partial charge in [0.25, 0.3) is 10.1 Å². The highest BCUT2D eigenvalue weighted by Gasteiger charge is 2.32. The van der Waals surface area contributed by atoms with Crippen molar-refractivity contribution in [3.05, 3.63) is 33.8 Å². The summed E-state index contributed by atoms with van der Waals surface area (Å²) in [6.07, 6.45) is -0.767. The second kappa shape index (κ2) is 7.88. The van der Waals surface area contributed by atoms with Gasteiger partial charge in [-0.3, -0.25) is 4.18 Å². The minimum absolute atomic E-state index is 0.130. The van der Waals surface area contributed by atoms with E-state index < -0.39 is 28.2 Å². The van der Waals surface area contributed by atoms with Gasteiger partial charge in [0, 0.05) is 19.0 Å². The molecule has 24 heavy (non-hydrogen) atoms. The molecule has 1 heterocycles. The lowest BCUT2D eigenvalue weighted by molar-refractivity contribution is 0.0196. The second-order valence-corrected chi connectivity index (χ2v) is 7.86. The summed E-state index contributed by atoms with van der Waals surface area (Å²) in [5.74, 6) is -0.444. The molecule has 1 aromatic rings. The molecular formula is C14H17Cl2NO6S. The molecule has 134 valence electrons. The van der Waals surface area contributed by atoms with Crippen LogP contribution in [0.5, 0.6) is 0 Å². The van der Waals surface area contributed by atoms with Gasteiger partial charge in [0.1, 0.15) is 0 Å². The van der Waals surface area contributed by atoms with Crippen molar-refractivity contribution in [1.29, 1.82) is 0 Å². The number of carboxylic acid groups (broad SMARTS) is 1. The summed E-state index contributed by atoms with van der Waals surface area (Å²) in [6.45, 7) is 0.243. The van der Waals surface area contributed by atoms with Gasteiger partial charge in [0.15, 0.2) is 0 Å². The Morgan fingerprint density at radius 3 is 2.71 bits per heavy atom. The first kappa shape index (κ1) is 19.3. The first-order chi connectivity index (χ1) is 11.2. The molecule has 0 aromatic heterocycles. The molecule has 0 saturated carbocycles. The van der Waals surface area contributed by atoms with E-state index in [1.54, 1.807) is 18.2 Å². The fourth-order valence-electron chi connectivity index (χ4n) is 2.47. The Labute approximate surface area is 150 Å². The number of halogens is 2. The highest BCUT2D eigenvalue weighted by atomic mass is 35.5. The van der Waals surface area contributed by atoms with Gasteiger partial charge in [-0.25, -0.2) is 4.79 Å². The molecule has 2 rings (SSSR count). The Morgan fingerprint density at radius 2 is 2.12 bits per heavy atom. The van der Waals surface area contributed by atoms with Crippen molar-refractivity contribution in [1.82, 2.24) is 4.90 Å². The van der Waals surface area contributed by atoms with Crippen LogP contribution in [0.3, 0.4) is 0 Å². The van der Waals surface area contributed by atoms with Gasteiger partial charge in [0.05, 0.1) is 35.6 Å². The van der Waals surface area contributed by atoms with Gasteiger partial charge in [-0.05, 0) is 17.7 Å². The van der Waals surface area contributed by atoms with Gasteiger partial charge >= 0.3 is 6.09 Å². The number of carbonyl (C=O) groups is 1. The zero-order chi connectivity index (χ0) is 17.9. The zero-order valence-corrected chi connectivity index (χ0v) is 15.1. The molecule has 1 N–H and O–H groups in total. The number of amides is 1. The predicted molar refractivity (Wildman–Crippen MR) is 89.3 cm³/mol. The third-order valence-electron chi connectivity index (χ3n) is 3.65. The van der Waals surface area contributed by atoms with Crippen LogP contribution in [0.4, 0.5) is 4.79 Å². The number of benzene rings is 1. The summed E-state index contributed by atoms with van der Waals surface area (Å²) in [5, 5.41) is 9.96. The number of ether oxygens (including phenoxy) is 1. The summed E-state index contributed by atoms with van der Waals surface area (Å²) in [4.78, 5) is 12.5. The number of hydrogen-bond acceptors (Lipinski definition) is 5. The van der Waals surface area contributed by atoms with E-state index >= 15 is 0 Å². The molecule has 0 aliphatic carbocycles. The molecule has 1 aliphatic heterocycles. The maximum atomic E-state index is 11.3. The Balaban J connectivity index is 2.31. The van der Waals surface area contributed by atoms with Crippen LogP contribution in [0.1, 0.15) is 11.5 Å². The molecular weight excluding hydrogens is 381 g/mol. The molecule has 2 atom stereocenters. The lowest BCUT2D eigenvalue weighted by atomic mass is 9.93. The smallest absolute Gasteiger partial charge is 0.407 e. The highest BCUT2D eigenvalue weighted by Crippen LogP contribution is 2.31. The molecule has 1 fully saturated rings. The average molecular weight is 398 g/mol. The fraction of sp³-hybridized carbons (Fsp3) is 0.500. The lowest BCUT2D eigenvalue weighted by Crippen LogP contribution is -2.36. The topological polar surface area (TPSA) is 93.1 Å². The fourth-order valence-corrected chi connectivity index (χ4v) is 3.16. The van der Waals surface area contributed by atoms with E-state index in [0.717, 1.165) is 6.26 Å². The number of hydrogen-bond donors (Lipinski definition) is 1. The van der Waals surface area contributed by atoms with E-state index in [0.29, 0.717) is 15.6 Å².